The van der Waals surface area contributed by atoms with Crippen LogP contribution in [0.5, 0.6) is 0 Å². The van der Waals surface area contributed by atoms with Gasteiger partial charge >= 0.3 is 25.7 Å². The van der Waals surface area contributed by atoms with Crippen LogP contribution in [0.15, 0.2) is 122 Å². The SMILES string of the molecule is CC/C=C\C/C=C\C/C=C\C/C=C\CCCCC(=O)OCC(COP(=O)(O)OCC(CO)OC(=O)CC/C=C\C/C=C\C/C=C\C/C=C\CC)OC(=O)CCCCCCCCCCC/C=C\C/C=C\CCCCC. The molecule has 0 saturated carbocycles. The van der Waals surface area contributed by atoms with E-state index < -0.39 is 57.8 Å². The fourth-order valence-corrected chi connectivity index (χ4v) is 7.88. The molecule has 0 aliphatic rings. The number of hydrogen-bond acceptors (Lipinski definition) is 10. The molecule has 420 valence electrons. The second kappa shape index (κ2) is 55.1. The lowest BCUT2D eigenvalue weighted by molar-refractivity contribution is -0.161. The predicted octanol–water partition coefficient (Wildman–Crippen LogP) is 16.8. The highest BCUT2D eigenvalue weighted by Crippen LogP contribution is 2.43. The van der Waals surface area contributed by atoms with Crippen molar-refractivity contribution in [1.82, 2.24) is 0 Å². The third-order valence-corrected chi connectivity index (χ3v) is 12.3. The lowest BCUT2D eigenvalue weighted by Crippen LogP contribution is -2.30. The van der Waals surface area contributed by atoms with Gasteiger partial charge in [-0.15, -0.1) is 0 Å². The molecule has 3 unspecified atom stereocenters. The van der Waals surface area contributed by atoms with Gasteiger partial charge in [0.15, 0.2) is 6.10 Å². The van der Waals surface area contributed by atoms with Gasteiger partial charge in [0, 0.05) is 19.3 Å². The van der Waals surface area contributed by atoms with E-state index in [0.717, 1.165) is 103 Å². The highest BCUT2D eigenvalue weighted by Gasteiger charge is 2.28. The highest BCUT2D eigenvalue weighted by atomic mass is 31.2. The summed E-state index contributed by atoms with van der Waals surface area (Å²) < 4.78 is 39.4. The van der Waals surface area contributed by atoms with Crippen molar-refractivity contribution in [2.24, 2.45) is 0 Å². The minimum absolute atomic E-state index is 0.0472. The Morgan fingerprint density at radius 2 is 0.730 bits per heavy atom. The van der Waals surface area contributed by atoms with Crippen molar-refractivity contribution in [2.75, 3.05) is 26.4 Å². The molecule has 0 aliphatic heterocycles. The van der Waals surface area contributed by atoms with E-state index in [9.17, 15) is 28.9 Å². The van der Waals surface area contributed by atoms with E-state index in [1.807, 2.05) is 18.2 Å². The molecule has 0 fully saturated rings. The molecule has 0 spiro atoms. The normalized spacial score (nSPS) is 14.3. The predicted molar refractivity (Wildman–Crippen MR) is 306 cm³/mol. The van der Waals surface area contributed by atoms with Crippen LogP contribution in [0.4, 0.5) is 0 Å². The van der Waals surface area contributed by atoms with E-state index in [0.29, 0.717) is 19.3 Å². The Balaban J connectivity index is 4.86. The van der Waals surface area contributed by atoms with Crippen molar-refractivity contribution in [2.45, 2.75) is 226 Å². The molecule has 3 atom stereocenters. The summed E-state index contributed by atoms with van der Waals surface area (Å²) in [6.45, 7) is 4.24. The molecule has 0 aromatic rings. The van der Waals surface area contributed by atoms with Crippen LogP contribution in [0.1, 0.15) is 213 Å². The summed E-state index contributed by atoms with van der Waals surface area (Å²) in [5.41, 5.74) is 0. The highest BCUT2D eigenvalue weighted by molar-refractivity contribution is 7.47. The standard InChI is InChI=1S/C62H101O11P/c1-4-7-10-13-16-19-22-25-27-28-29-30-32-35-38-41-44-47-50-53-62(66)73-59(55-69-60(64)51-48-45-42-39-36-34-31-26-23-20-17-14-11-8-5-2)57-71-74(67,68)70-56-58(54-63)72-61(65)52-49-46-43-40-37-33-24-21-18-15-12-9-6-3/h8-9,11-12,16-21,25-27,31,33,36-37,39,43,46,58-59,63H,4-7,10,13-15,22-24,28-30,32,34-35,38,40-42,44-45,47-57H2,1-3H3,(H,67,68)/b11-8-,12-9-,19-16-,20-17-,21-18-,27-25-,31-26-,37-33-,39-36-,46-43-. The fraction of sp³-hybridized carbons (Fsp3) is 0.629. The number of ether oxygens (including phenoxy) is 3. The number of unbranched alkanes of at least 4 members (excludes halogenated alkanes) is 14. The maximum Gasteiger partial charge on any atom is 0.472 e. The van der Waals surface area contributed by atoms with Crippen molar-refractivity contribution >= 4 is 25.7 Å². The molecule has 0 bridgehead atoms. The summed E-state index contributed by atoms with van der Waals surface area (Å²) in [6.07, 6.45) is 67.5. The monoisotopic (exact) mass is 1050 g/mol. The quantitative estimate of drug-likeness (QED) is 0.0197. The molecule has 11 nitrogen and oxygen atoms in total. The third-order valence-electron chi connectivity index (χ3n) is 11.4. The molecule has 74 heavy (non-hydrogen) atoms. The van der Waals surface area contributed by atoms with Gasteiger partial charge in [-0.25, -0.2) is 4.57 Å². The first kappa shape index (κ1) is 69.9. The van der Waals surface area contributed by atoms with Gasteiger partial charge in [-0.05, 0) is 116 Å². The molecule has 2 N–H and O–H groups in total. The minimum Gasteiger partial charge on any atom is -0.462 e. The maximum atomic E-state index is 12.9. The third kappa shape index (κ3) is 52.7. The minimum atomic E-state index is -4.78. The zero-order valence-corrected chi connectivity index (χ0v) is 47.2. The van der Waals surface area contributed by atoms with Crippen molar-refractivity contribution in [3.8, 4) is 0 Å². The van der Waals surface area contributed by atoms with Crippen molar-refractivity contribution in [1.29, 1.82) is 0 Å². The lowest BCUT2D eigenvalue weighted by atomic mass is 10.1. The summed E-state index contributed by atoms with van der Waals surface area (Å²) in [6, 6.07) is 0. The van der Waals surface area contributed by atoms with Gasteiger partial charge in [0.05, 0.1) is 19.8 Å². The Morgan fingerprint density at radius 3 is 1.19 bits per heavy atom. The molecule has 0 aromatic carbocycles. The van der Waals surface area contributed by atoms with Gasteiger partial charge in [0.25, 0.3) is 0 Å². The average molecular weight is 1050 g/mol. The largest absolute Gasteiger partial charge is 0.472 e. The molecule has 0 aliphatic carbocycles. The van der Waals surface area contributed by atoms with Crippen LogP contribution in [0, 0.1) is 0 Å². The number of hydrogen-bond donors (Lipinski definition) is 2. The summed E-state index contributed by atoms with van der Waals surface area (Å²) in [7, 11) is -4.78. The van der Waals surface area contributed by atoms with Gasteiger partial charge in [-0.2, -0.15) is 0 Å². The van der Waals surface area contributed by atoms with Gasteiger partial charge in [-0.3, -0.25) is 23.4 Å². The van der Waals surface area contributed by atoms with E-state index in [1.165, 1.54) is 51.4 Å². The van der Waals surface area contributed by atoms with Gasteiger partial charge in [0.2, 0.25) is 0 Å². The van der Waals surface area contributed by atoms with Crippen LogP contribution < -0.4 is 0 Å². The Kier molecular flexibility index (Phi) is 52.1. The van der Waals surface area contributed by atoms with Crippen LogP contribution in [0.3, 0.4) is 0 Å². The number of phosphoric acid groups is 1. The molecule has 0 saturated heterocycles. The lowest BCUT2D eigenvalue weighted by Gasteiger charge is -2.21. The van der Waals surface area contributed by atoms with E-state index >= 15 is 0 Å². The zero-order chi connectivity index (χ0) is 54.1. The number of carbonyl (C=O) groups excluding carboxylic acids is 3. The fourth-order valence-electron chi connectivity index (χ4n) is 7.10. The molecule has 12 heteroatoms. The number of rotatable bonds is 51. The van der Waals surface area contributed by atoms with Crippen molar-refractivity contribution in [3.05, 3.63) is 122 Å². The Morgan fingerprint density at radius 1 is 0.392 bits per heavy atom. The summed E-state index contributed by atoms with van der Waals surface area (Å²) >= 11 is 0. The first-order chi connectivity index (χ1) is 36.2. The number of allylic oxidation sites excluding steroid dienone is 20. The number of esters is 3. The summed E-state index contributed by atoms with van der Waals surface area (Å²) in [5.74, 6) is -1.62. The first-order valence-electron chi connectivity index (χ1n) is 28.4. The Labute approximate surface area is 449 Å². The molecule has 0 amide bonds. The van der Waals surface area contributed by atoms with E-state index in [2.05, 4.69) is 124 Å². The van der Waals surface area contributed by atoms with E-state index in [-0.39, 0.29) is 25.9 Å². The molecule has 0 heterocycles. The number of aliphatic hydroxyl groups excluding tert-OH is 1. The van der Waals surface area contributed by atoms with E-state index in [4.69, 9.17) is 23.3 Å². The summed E-state index contributed by atoms with van der Waals surface area (Å²) in [4.78, 5) is 48.5. The number of aliphatic hydroxyl groups is 1. The van der Waals surface area contributed by atoms with Gasteiger partial charge in [-0.1, -0.05) is 200 Å². The van der Waals surface area contributed by atoms with Crippen LogP contribution in [-0.2, 0) is 42.2 Å². The number of carbonyl (C=O) groups is 3. The zero-order valence-electron chi connectivity index (χ0n) is 46.3. The smallest absolute Gasteiger partial charge is 0.462 e. The molecular formula is C62H101O11P. The van der Waals surface area contributed by atoms with E-state index in [1.54, 1.807) is 0 Å². The molecule has 0 aromatic heterocycles. The molecular weight excluding hydrogens is 952 g/mol. The second-order valence-corrected chi connectivity index (χ2v) is 19.8. The van der Waals surface area contributed by atoms with Crippen LogP contribution in [-0.4, -0.2) is 66.5 Å². The maximum absolute atomic E-state index is 12.9. The summed E-state index contributed by atoms with van der Waals surface area (Å²) in [5, 5.41) is 9.79. The second-order valence-electron chi connectivity index (χ2n) is 18.3. The topological polar surface area (TPSA) is 155 Å². The van der Waals surface area contributed by atoms with Crippen molar-refractivity contribution in [3.63, 3.8) is 0 Å². The van der Waals surface area contributed by atoms with Crippen molar-refractivity contribution < 1.29 is 52.2 Å². The number of phosphoric ester groups is 1. The first-order valence-corrected chi connectivity index (χ1v) is 29.9. The molecule has 0 radical (unpaired) electrons. The van der Waals surface area contributed by atoms with Crippen LogP contribution in [0.25, 0.3) is 0 Å². The van der Waals surface area contributed by atoms with Gasteiger partial charge < -0.3 is 24.2 Å². The van der Waals surface area contributed by atoms with Crippen LogP contribution >= 0.6 is 7.82 Å². The Hall–Kier alpha value is -4.12. The Bertz CT molecular complexity index is 1700. The molecule has 0 rings (SSSR count). The van der Waals surface area contributed by atoms with Crippen LogP contribution in [0.2, 0.25) is 0 Å². The average Bonchev–Trinajstić information content (AvgIpc) is 3.39. The van der Waals surface area contributed by atoms with Gasteiger partial charge in [0.1, 0.15) is 12.7 Å².